The van der Waals surface area contributed by atoms with E-state index < -0.39 is 0 Å². The van der Waals surface area contributed by atoms with E-state index in [4.69, 9.17) is 15.7 Å². The Morgan fingerprint density at radius 1 is 1.18 bits per heavy atom. The van der Waals surface area contributed by atoms with Gasteiger partial charge in [0.1, 0.15) is 5.82 Å². The molecule has 8 heteroatoms. The Labute approximate surface area is 202 Å². The second-order valence-corrected chi connectivity index (χ2v) is 9.84. The quantitative estimate of drug-likeness (QED) is 0.644. The van der Waals surface area contributed by atoms with Crippen molar-refractivity contribution in [1.29, 1.82) is 0 Å². The number of rotatable bonds is 2. The van der Waals surface area contributed by atoms with Crippen LogP contribution in [0.4, 0.5) is 5.82 Å². The maximum absolute atomic E-state index is 11.8. The fourth-order valence-electron chi connectivity index (χ4n) is 5.10. The average molecular weight is 509 g/mol. The minimum atomic E-state index is 0.154. The van der Waals surface area contributed by atoms with Gasteiger partial charge in [-0.15, -0.1) is 0 Å². The Kier molecular flexibility index (Phi) is 6.19. The molecule has 2 unspecified atom stereocenters. The lowest BCUT2D eigenvalue weighted by molar-refractivity contribution is -0.129. The Morgan fingerprint density at radius 2 is 1.94 bits per heavy atom. The number of fused-ring (bicyclic) bond motifs is 2. The van der Waals surface area contributed by atoms with Crippen molar-refractivity contribution >= 4 is 45.1 Å². The lowest BCUT2D eigenvalue weighted by Gasteiger charge is -2.27. The molecule has 0 saturated carbocycles. The van der Waals surface area contributed by atoms with E-state index in [0.29, 0.717) is 11.7 Å². The van der Waals surface area contributed by atoms with Crippen LogP contribution in [0.2, 0.25) is 0 Å². The Bertz CT molecular complexity index is 1180. The van der Waals surface area contributed by atoms with Crippen molar-refractivity contribution in [3.05, 3.63) is 52.3 Å². The topological polar surface area (TPSA) is 88.9 Å². The standard InChI is InChI=1S/C25H29BrN6O/c1-16(33)31-12-4-7-17(8-5-13-31)23-22(26)24(27)32-25(30-23)20(15-29-32)18-10-11-28-21-9-3-2-6-19(21)14-18/h2-3,6,9,11,14-15,17,19,21H,4-5,7-8,10,12-13,27H2,1H3. The maximum Gasteiger partial charge on any atom is 0.219 e. The van der Waals surface area contributed by atoms with Crippen LogP contribution in [0.15, 0.2) is 46.0 Å². The summed E-state index contributed by atoms with van der Waals surface area (Å²) in [5.41, 5.74) is 10.5. The average Bonchev–Trinajstić information content (AvgIpc) is 3.08. The van der Waals surface area contributed by atoms with Crippen molar-refractivity contribution in [2.24, 2.45) is 10.9 Å². The van der Waals surface area contributed by atoms with Gasteiger partial charge in [-0.3, -0.25) is 9.79 Å². The molecular weight excluding hydrogens is 480 g/mol. The van der Waals surface area contributed by atoms with E-state index in [0.717, 1.165) is 66.6 Å². The highest BCUT2D eigenvalue weighted by Crippen LogP contribution is 2.37. The number of hydrogen-bond acceptors (Lipinski definition) is 5. The lowest BCUT2D eigenvalue weighted by Crippen LogP contribution is -2.32. The monoisotopic (exact) mass is 508 g/mol. The third kappa shape index (κ3) is 4.28. The maximum atomic E-state index is 11.8. The number of anilines is 1. The first-order chi connectivity index (χ1) is 16.0. The summed E-state index contributed by atoms with van der Waals surface area (Å²) in [5.74, 6) is 1.27. The number of allylic oxidation sites excluding steroid dienone is 3. The minimum absolute atomic E-state index is 0.154. The van der Waals surface area contributed by atoms with Gasteiger partial charge < -0.3 is 10.6 Å². The molecule has 172 valence electrons. The number of hydrogen-bond donors (Lipinski definition) is 1. The van der Waals surface area contributed by atoms with E-state index in [1.807, 2.05) is 17.3 Å². The van der Waals surface area contributed by atoms with Crippen LogP contribution in [0.5, 0.6) is 0 Å². The number of nitrogen functional groups attached to an aromatic ring is 1. The fourth-order valence-corrected chi connectivity index (χ4v) is 5.68. The van der Waals surface area contributed by atoms with E-state index in [9.17, 15) is 4.79 Å². The number of nitrogens with two attached hydrogens (primary N) is 1. The van der Waals surface area contributed by atoms with E-state index >= 15 is 0 Å². The van der Waals surface area contributed by atoms with E-state index in [1.54, 1.807) is 11.4 Å². The molecule has 0 radical (unpaired) electrons. The van der Waals surface area contributed by atoms with Crippen LogP contribution in [0.25, 0.3) is 11.2 Å². The van der Waals surface area contributed by atoms with Crippen LogP contribution in [0, 0.1) is 5.92 Å². The number of carbonyl (C=O) groups is 1. The zero-order chi connectivity index (χ0) is 22.9. The molecule has 4 heterocycles. The molecule has 0 aromatic carbocycles. The summed E-state index contributed by atoms with van der Waals surface area (Å²) >= 11 is 3.71. The predicted molar refractivity (Wildman–Crippen MR) is 135 cm³/mol. The predicted octanol–water partition coefficient (Wildman–Crippen LogP) is 4.55. The number of carbonyl (C=O) groups excluding carboxylic acids is 1. The lowest BCUT2D eigenvalue weighted by atomic mass is 9.91. The van der Waals surface area contributed by atoms with E-state index in [2.05, 4.69) is 51.4 Å². The van der Waals surface area contributed by atoms with Gasteiger partial charge in [-0.05, 0) is 47.2 Å². The molecule has 5 rings (SSSR count). The van der Waals surface area contributed by atoms with Gasteiger partial charge in [-0.25, -0.2) is 4.98 Å². The second-order valence-electron chi connectivity index (χ2n) is 9.04. The summed E-state index contributed by atoms with van der Waals surface area (Å²) < 4.78 is 2.57. The van der Waals surface area contributed by atoms with Gasteiger partial charge in [-0.2, -0.15) is 9.61 Å². The molecule has 2 aromatic rings. The van der Waals surface area contributed by atoms with Crippen molar-refractivity contribution < 1.29 is 4.79 Å². The zero-order valence-corrected chi connectivity index (χ0v) is 20.4. The number of nitrogens with zero attached hydrogens (tertiary/aromatic N) is 5. The van der Waals surface area contributed by atoms with Gasteiger partial charge in [0.05, 0.1) is 22.4 Å². The van der Waals surface area contributed by atoms with Gasteiger partial charge in [-0.1, -0.05) is 30.4 Å². The van der Waals surface area contributed by atoms with E-state index in [-0.39, 0.29) is 17.9 Å². The van der Waals surface area contributed by atoms with Crippen molar-refractivity contribution in [1.82, 2.24) is 19.5 Å². The van der Waals surface area contributed by atoms with Crippen molar-refractivity contribution in [3.63, 3.8) is 0 Å². The SMILES string of the molecule is CC(=O)N1CCCC(c2nc3c(C4=CC5C=CC=CC5N=CC4)cnn3c(N)c2Br)CCC1. The highest BCUT2D eigenvalue weighted by atomic mass is 79.9. The first-order valence-electron chi connectivity index (χ1n) is 11.7. The molecule has 1 saturated heterocycles. The van der Waals surface area contributed by atoms with Crippen molar-refractivity contribution in [3.8, 4) is 0 Å². The molecule has 2 aromatic heterocycles. The van der Waals surface area contributed by atoms with E-state index in [1.165, 1.54) is 5.57 Å². The molecule has 0 spiro atoms. The van der Waals surface area contributed by atoms with Crippen LogP contribution in [0.1, 0.15) is 56.2 Å². The third-order valence-corrected chi connectivity index (χ3v) is 7.73. The Balaban J connectivity index is 1.50. The van der Waals surface area contributed by atoms with Crippen molar-refractivity contribution in [2.75, 3.05) is 18.8 Å². The number of halogens is 1. The van der Waals surface area contributed by atoms with Gasteiger partial charge in [0.15, 0.2) is 5.65 Å². The zero-order valence-electron chi connectivity index (χ0n) is 18.8. The highest BCUT2D eigenvalue weighted by Gasteiger charge is 2.26. The second kappa shape index (κ2) is 9.25. The number of aromatic nitrogens is 3. The van der Waals surface area contributed by atoms with Crippen LogP contribution in [-0.4, -0.2) is 50.8 Å². The molecule has 2 aliphatic heterocycles. The summed E-state index contributed by atoms with van der Waals surface area (Å²) in [6.07, 6.45) is 19.3. The number of aliphatic imine (C=N–C) groups is 1. The molecule has 7 nitrogen and oxygen atoms in total. The summed E-state index contributed by atoms with van der Waals surface area (Å²) in [6, 6.07) is 0.154. The smallest absolute Gasteiger partial charge is 0.219 e. The molecule has 33 heavy (non-hydrogen) atoms. The van der Waals surface area contributed by atoms with Gasteiger partial charge in [0, 0.05) is 50.0 Å². The van der Waals surface area contributed by atoms with Gasteiger partial charge in [0.2, 0.25) is 5.91 Å². The van der Waals surface area contributed by atoms with Crippen LogP contribution < -0.4 is 5.73 Å². The molecule has 1 aliphatic carbocycles. The number of likely N-dealkylation sites (tertiary alicyclic amines) is 1. The fraction of sp³-hybridized carbons (Fsp3) is 0.440. The van der Waals surface area contributed by atoms with Crippen LogP contribution in [-0.2, 0) is 4.79 Å². The highest BCUT2D eigenvalue weighted by molar-refractivity contribution is 9.10. The molecule has 1 fully saturated rings. The first-order valence-corrected chi connectivity index (χ1v) is 12.5. The molecule has 0 bridgehead atoms. The van der Waals surface area contributed by atoms with Crippen molar-refractivity contribution in [2.45, 2.75) is 51.0 Å². The molecule has 2 atom stereocenters. The van der Waals surface area contributed by atoms with Gasteiger partial charge >= 0.3 is 0 Å². The minimum Gasteiger partial charge on any atom is -0.383 e. The molecule has 1 amide bonds. The Hall–Kier alpha value is -2.74. The Morgan fingerprint density at radius 3 is 2.70 bits per heavy atom. The van der Waals surface area contributed by atoms with Gasteiger partial charge in [0.25, 0.3) is 0 Å². The first kappa shape index (κ1) is 22.1. The number of amides is 1. The normalized spacial score (nSPS) is 23.7. The summed E-state index contributed by atoms with van der Waals surface area (Å²) in [6.45, 7) is 3.26. The largest absolute Gasteiger partial charge is 0.383 e. The summed E-state index contributed by atoms with van der Waals surface area (Å²) in [4.78, 5) is 23.6. The van der Waals surface area contributed by atoms with Crippen LogP contribution >= 0.6 is 15.9 Å². The summed E-state index contributed by atoms with van der Waals surface area (Å²) in [7, 11) is 0. The molecule has 3 aliphatic rings. The van der Waals surface area contributed by atoms with Crippen LogP contribution in [0.3, 0.4) is 0 Å². The molecular formula is C25H29BrN6O. The third-order valence-electron chi connectivity index (χ3n) is 6.92. The summed E-state index contributed by atoms with van der Waals surface area (Å²) in [5, 5.41) is 4.58. The molecule has 2 N–H and O–H groups in total.